The van der Waals surface area contributed by atoms with E-state index in [9.17, 15) is 8.78 Å². The summed E-state index contributed by atoms with van der Waals surface area (Å²) in [6, 6.07) is 8.28. The van der Waals surface area contributed by atoms with E-state index in [0.717, 1.165) is 11.6 Å². The van der Waals surface area contributed by atoms with Crippen LogP contribution in [0, 0.1) is 11.6 Å². The normalized spacial score (nSPS) is 12.2. The van der Waals surface area contributed by atoms with Crippen LogP contribution in [0.4, 0.5) is 8.78 Å². The zero-order valence-electron chi connectivity index (χ0n) is 11.4. The molecule has 3 nitrogen and oxygen atoms in total. The molecule has 0 aliphatic carbocycles. The van der Waals surface area contributed by atoms with E-state index < -0.39 is 11.6 Å². The van der Waals surface area contributed by atoms with Gasteiger partial charge in [-0.25, -0.2) is 8.78 Å². The van der Waals surface area contributed by atoms with Crippen LogP contribution in [-0.2, 0) is 6.42 Å². The summed E-state index contributed by atoms with van der Waals surface area (Å²) < 4.78 is 31.6. The lowest BCUT2D eigenvalue weighted by molar-refractivity contribution is 0.413. The van der Waals surface area contributed by atoms with Gasteiger partial charge in [-0.15, -0.1) is 0 Å². The summed E-state index contributed by atoms with van der Waals surface area (Å²) in [5.41, 5.74) is 3.95. The largest absolute Gasteiger partial charge is 0.495 e. The van der Waals surface area contributed by atoms with E-state index >= 15 is 0 Å². The molecule has 1 atom stereocenters. The number of nitrogens with one attached hydrogen (secondary N) is 1. The van der Waals surface area contributed by atoms with Crippen molar-refractivity contribution >= 4 is 11.6 Å². The second-order valence-electron chi connectivity index (χ2n) is 4.60. The van der Waals surface area contributed by atoms with Gasteiger partial charge < -0.3 is 4.74 Å². The standard InChI is InChI=1S/C15H15ClF2N2O/c1-21-15-7-10(2-3-13(15)16)14(20-19)6-9-4-11(17)8-12(18)5-9/h2-5,7-8,14,20H,6,19H2,1H3. The molecule has 6 heteroatoms. The molecule has 0 fully saturated rings. The van der Waals surface area contributed by atoms with Crippen molar-refractivity contribution in [3.63, 3.8) is 0 Å². The Morgan fingerprint density at radius 3 is 2.43 bits per heavy atom. The van der Waals surface area contributed by atoms with Gasteiger partial charge in [0.2, 0.25) is 0 Å². The Bertz CT molecular complexity index is 617. The molecule has 0 amide bonds. The van der Waals surface area contributed by atoms with Crippen LogP contribution in [0.3, 0.4) is 0 Å². The smallest absolute Gasteiger partial charge is 0.137 e. The fourth-order valence-electron chi connectivity index (χ4n) is 2.13. The number of hydrogen-bond donors (Lipinski definition) is 2. The molecule has 0 aromatic heterocycles. The summed E-state index contributed by atoms with van der Waals surface area (Å²) in [6.45, 7) is 0. The van der Waals surface area contributed by atoms with Crippen LogP contribution in [0.2, 0.25) is 5.02 Å². The molecule has 0 aliphatic rings. The van der Waals surface area contributed by atoms with E-state index in [-0.39, 0.29) is 6.04 Å². The van der Waals surface area contributed by atoms with Crippen LogP contribution in [0.5, 0.6) is 5.75 Å². The van der Waals surface area contributed by atoms with Crippen molar-refractivity contribution in [2.45, 2.75) is 12.5 Å². The highest BCUT2D eigenvalue weighted by Gasteiger charge is 2.14. The van der Waals surface area contributed by atoms with Gasteiger partial charge >= 0.3 is 0 Å². The monoisotopic (exact) mass is 312 g/mol. The lowest BCUT2D eigenvalue weighted by Crippen LogP contribution is -2.29. The molecular formula is C15H15ClF2N2O. The third-order valence-corrected chi connectivity index (χ3v) is 3.45. The minimum atomic E-state index is -0.616. The Balaban J connectivity index is 2.27. The summed E-state index contributed by atoms with van der Waals surface area (Å²) in [6.07, 6.45) is 0.329. The molecule has 0 saturated heterocycles. The third kappa shape index (κ3) is 3.91. The van der Waals surface area contributed by atoms with Crippen molar-refractivity contribution in [3.8, 4) is 5.75 Å². The second-order valence-corrected chi connectivity index (χ2v) is 5.00. The fourth-order valence-corrected chi connectivity index (χ4v) is 2.33. The van der Waals surface area contributed by atoms with Gasteiger partial charge in [0.25, 0.3) is 0 Å². The Morgan fingerprint density at radius 2 is 1.86 bits per heavy atom. The van der Waals surface area contributed by atoms with Crippen LogP contribution in [0.1, 0.15) is 17.2 Å². The molecule has 0 aliphatic heterocycles. The van der Waals surface area contributed by atoms with Crippen molar-refractivity contribution in [2.75, 3.05) is 7.11 Å². The van der Waals surface area contributed by atoms with Crippen molar-refractivity contribution in [2.24, 2.45) is 5.84 Å². The molecule has 3 N–H and O–H groups in total. The van der Waals surface area contributed by atoms with Gasteiger partial charge in [-0.3, -0.25) is 11.3 Å². The van der Waals surface area contributed by atoms with E-state index in [1.807, 2.05) is 0 Å². The van der Waals surface area contributed by atoms with E-state index in [4.69, 9.17) is 22.2 Å². The number of halogens is 3. The van der Waals surface area contributed by atoms with Crippen molar-refractivity contribution in [1.82, 2.24) is 5.43 Å². The molecule has 0 heterocycles. The molecule has 0 saturated carbocycles. The Kier molecular flexibility index (Phi) is 5.12. The lowest BCUT2D eigenvalue weighted by Gasteiger charge is -2.18. The summed E-state index contributed by atoms with van der Waals surface area (Å²) in [5, 5.41) is 0.480. The molecule has 1 unspecified atom stereocenters. The maximum Gasteiger partial charge on any atom is 0.137 e. The summed E-state index contributed by atoms with van der Waals surface area (Å²) >= 11 is 5.97. The average Bonchev–Trinajstić information content (AvgIpc) is 2.44. The summed E-state index contributed by atoms with van der Waals surface area (Å²) in [4.78, 5) is 0. The summed E-state index contributed by atoms with van der Waals surface area (Å²) in [7, 11) is 1.51. The van der Waals surface area contributed by atoms with Gasteiger partial charge in [-0.1, -0.05) is 17.7 Å². The predicted octanol–water partition coefficient (Wildman–Crippen LogP) is 3.37. The number of hydrazine groups is 1. The first-order valence-corrected chi connectivity index (χ1v) is 6.66. The number of benzene rings is 2. The molecule has 0 spiro atoms. The van der Waals surface area contributed by atoms with Crippen molar-refractivity contribution < 1.29 is 13.5 Å². The third-order valence-electron chi connectivity index (χ3n) is 3.14. The quantitative estimate of drug-likeness (QED) is 0.657. The molecule has 112 valence electrons. The topological polar surface area (TPSA) is 47.3 Å². The van der Waals surface area contributed by atoms with Crippen LogP contribution < -0.4 is 16.0 Å². The molecular weight excluding hydrogens is 298 g/mol. The second kappa shape index (κ2) is 6.85. The van der Waals surface area contributed by atoms with Gasteiger partial charge in [0.05, 0.1) is 18.2 Å². The molecule has 2 aromatic rings. The van der Waals surface area contributed by atoms with E-state index in [1.54, 1.807) is 18.2 Å². The molecule has 2 rings (SSSR count). The maximum absolute atomic E-state index is 13.2. The Labute approximate surface area is 126 Å². The minimum absolute atomic E-state index is 0.322. The van der Waals surface area contributed by atoms with Gasteiger partial charge in [-0.2, -0.15) is 0 Å². The first-order valence-electron chi connectivity index (χ1n) is 6.28. The highest BCUT2D eigenvalue weighted by Crippen LogP contribution is 2.29. The first-order chi connectivity index (χ1) is 10.0. The van der Waals surface area contributed by atoms with Crippen LogP contribution in [-0.4, -0.2) is 7.11 Å². The Hall–Kier alpha value is -1.69. The van der Waals surface area contributed by atoms with E-state index in [1.165, 1.54) is 19.2 Å². The molecule has 0 radical (unpaired) electrons. The van der Waals surface area contributed by atoms with Crippen molar-refractivity contribution in [1.29, 1.82) is 0 Å². The number of rotatable bonds is 5. The minimum Gasteiger partial charge on any atom is -0.495 e. The van der Waals surface area contributed by atoms with Crippen LogP contribution in [0.25, 0.3) is 0 Å². The number of hydrogen-bond acceptors (Lipinski definition) is 3. The Morgan fingerprint density at radius 1 is 1.19 bits per heavy atom. The fraction of sp³-hybridized carbons (Fsp3) is 0.200. The van der Waals surface area contributed by atoms with Gasteiger partial charge in [0, 0.05) is 6.07 Å². The van der Waals surface area contributed by atoms with Gasteiger partial charge in [0.1, 0.15) is 17.4 Å². The number of methoxy groups -OCH3 is 1. The predicted molar refractivity (Wildman–Crippen MR) is 78.1 cm³/mol. The first kappa shape index (κ1) is 15.7. The van der Waals surface area contributed by atoms with E-state index in [0.29, 0.717) is 22.8 Å². The summed E-state index contributed by atoms with van der Waals surface area (Å²) in [5.74, 6) is 4.83. The van der Waals surface area contributed by atoms with Gasteiger partial charge in [0.15, 0.2) is 0 Å². The zero-order valence-corrected chi connectivity index (χ0v) is 12.1. The van der Waals surface area contributed by atoms with Crippen LogP contribution in [0.15, 0.2) is 36.4 Å². The average molecular weight is 313 g/mol. The maximum atomic E-state index is 13.2. The highest BCUT2D eigenvalue weighted by molar-refractivity contribution is 6.32. The van der Waals surface area contributed by atoms with Crippen LogP contribution >= 0.6 is 11.6 Å². The SMILES string of the molecule is COc1cc(C(Cc2cc(F)cc(F)c2)NN)ccc1Cl. The number of ether oxygens (including phenoxy) is 1. The lowest BCUT2D eigenvalue weighted by atomic mass is 9.99. The molecule has 0 bridgehead atoms. The van der Waals surface area contributed by atoms with E-state index in [2.05, 4.69) is 5.43 Å². The zero-order chi connectivity index (χ0) is 15.4. The molecule has 21 heavy (non-hydrogen) atoms. The van der Waals surface area contributed by atoms with Crippen molar-refractivity contribution in [3.05, 3.63) is 64.2 Å². The highest BCUT2D eigenvalue weighted by atomic mass is 35.5. The molecule has 2 aromatic carbocycles. The number of nitrogens with two attached hydrogens (primary N) is 1. The van der Waals surface area contributed by atoms with Gasteiger partial charge in [-0.05, 0) is 41.8 Å².